The number of benzene rings is 1. The van der Waals surface area contributed by atoms with Gasteiger partial charge < -0.3 is 10.6 Å². The van der Waals surface area contributed by atoms with Gasteiger partial charge in [-0.25, -0.2) is 8.42 Å². The quantitative estimate of drug-likeness (QED) is 0.531. The van der Waals surface area contributed by atoms with E-state index in [1.54, 1.807) is 24.3 Å². The van der Waals surface area contributed by atoms with Gasteiger partial charge in [0.2, 0.25) is 15.9 Å². The van der Waals surface area contributed by atoms with Crippen LogP contribution in [0.1, 0.15) is 32.8 Å². The van der Waals surface area contributed by atoms with Crippen molar-refractivity contribution in [3.63, 3.8) is 0 Å². The molecular formula is C17H30ClN3O3S. The van der Waals surface area contributed by atoms with Crippen LogP contribution in [0, 0.1) is 12.8 Å². The van der Waals surface area contributed by atoms with Crippen molar-refractivity contribution < 1.29 is 13.2 Å². The normalized spacial score (nSPS) is 12.5. The molecule has 0 saturated heterocycles. The fourth-order valence-corrected chi connectivity index (χ4v) is 3.44. The number of carbonyl (C=O) groups is 1. The number of rotatable bonds is 10. The molecular weight excluding hydrogens is 362 g/mol. The van der Waals surface area contributed by atoms with Gasteiger partial charge in [0, 0.05) is 13.1 Å². The zero-order chi connectivity index (χ0) is 18.2. The Labute approximate surface area is 157 Å². The highest BCUT2D eigenvalue weighted by atomic mass is 35.5. The number of hydrogen-bond acceptors (Lipinski definition) is 4. The van der Waals surface area contributed by atoms with Crippen LogP contribution >= 0.6 is 12.4 Å². The van der Waals surface area contributed by atoms with Crippen LogP contribution in [0.3, 0.4) is 0 Å². The molecule has 0 aliphatic rings. The highest BCUT2D eigenvalue weighted by Crippen LogP contribution is 2.13. The second-order valence-electron chi connectivity index (χ2n) is 6.26. The number of nitrogens with one attached hydrogen (secondary N) is 3. The summed E-state index contributed by atoms with van der Waals surface area (Å²) in [7, 11) is -3.73. The van der Waals surface area contributed by atoms with Crippen LogP contribution < -0.4 is 15.4 Å². The summed E-state index contributed by atoms with van der Waals surface area (Å²) in [6, 6.07) is 5.80. The first-order valence-corrected chi connectivity index (χ1v) is 9.82. The molecule has 0 bridgehead atoms. The molecule has 144 valence electrons. The molecule has 0 radical (unpaired) electrons. The summed E-state index contributed by atoms with van der Waals surface area (Å²) < 4.78 is 27.6. The van der Waals surface area contributed by atoms with Crippen molar-refractivity contribution in [2.24, 2.45) is 5.92 Å². The Morgan fingerprint density at radius 2 is 1.72 bits per heavy atom. The van der Waals surface area contributed by atoms with Crippen LogP contribution in [0.15, 0.2) is 29.2 Å². The van der Waals surface area contributed by atoms with Gasteiger partial charge >= 0.3 is 0 Å². The van der Waals surface area contributed by atoms with E-state index in [2.05, 4.69) is 15.4 Å². The summed E-state index contributed by atoms with van der Waals surface area (Å²) >= 11 is 0. The summed E-state index contributed by atoms with van der Waals surface area (Å²) in [4.78, 5) is 12.5. The van der Waals surface area contributed by atoms with Crippen molar-refractivity contribution in [2.45, 2.75) is 45.1 Å². The molecule has 0 aliphatic heterocycles. The third-order valence-corrected chi connectivity index (χ3v) is 4.99. The van der Waals surface area contributed by atoms with E-state index in [0.29, 0.717) is 19.5 Å². The molecule has 0 aliphatic carbocycles. The molecule has 1 amide bonds. The lowest BCUT2D eigenvalue weighted by atomic mass is 10.0. The number of carbonyl (C=O) groups excluding carboxylic acids is 1. The molecule has 1 aromatic rings. The van der Waals surface area contributed by atoms with Gasteiger partial charge in [0.15, 0.2) is 0 Å². The highest BCUT2D eigenvalue weighted by Gasteiger charge is 2.26. The minimum Gasteiger partial charge on any atom is -0.353 e. The summed E-state index contributed by atoms with van der Waals surface area (Å²) in [6.45, 7) is 9.74. The standard InChI is InChI=1S/C17H29N3O3S.ClH/c1-5-18-10-11-19-17(21)16(12-13(2)3)20-24(22,23)15-8-6-14(4)7-9-15;/h6-9,13,16,18,20H,5,10-12H2,1-4H3,(H,19,21);1H. The van der Waals surface area contributed by atoms with Crippen LogP contribution in [0.5, 0.6) is 0 Å². The summed E-state index contributed by atoms with van der Waals surface area (Å²) in [6.07, 6.45) is 0.443. The minimum atomic E-state index is -3.73. The minimum absolute atomic E-state index is 0. The molecule has 3 N–H and O–H groups in total. The van der Waals surface area contributed by atoms with Gasteiger partial charge in [-0.3, -0.25) is 4.79 Å². The van der Waals surface area contributed by atoms with Gasteiger partial charge in [-0.2, -0.15) is 4.72 Å². The maximum absolute atomic E-state index is 12.5. The van der Waals surface area contributed by atoms with E-state index in [-0.39, 0.29) is 29.1 Å². The SMILES string of the molecule is CCNCCNC(=O)C(CC(C)C)NS(=O)(=O)c1ccc(C)cc1.Cl. The Bertz CT molecular complexity index is 619. The summed E-state index contributed by atoms with van der Waals surface area (Å²) in [5.74, 6) is -0.104. The molecule has 0 saturated carbocycles. The van der Waals surface area contributed by atoms with Crippen LogP contribution in [0.4, 0.5) is 0 Å². The van der Waals surface area contributed by atoms with Crippen LogP contribution in [0.25, 0.3) is 0 Å². The predicted octanol–water partition coefficient (Wildman–Crippen LogP) is 1.84. The van der Waals surface area contributed by atoms with Crippen molar-refractivity contribution in [3.05, 3.63) is 29.8 Å². The largest absolute Gasteiger partial charge is 0.353 e. The Morgan fingerprint density at radius 3 is 2.24 bits per heavy atom. The van der Waals surface area contributed by atoms with Crippen molar-refractivity contribution in [1.82, 2.24) is 15.4 Å². The van der Waals surface area contributed by atoms with Crippen molar-refractivity contribution in [1.29, 1.82) is 0 Å². The molecule has 0 aromatic heterocycles. The zero-order valence-electron chi connectivity index (χ0n) is 15.3. The second kappa shape index (κ2) is 11.5. The van der Waals surface area contributed by atoms with Crippen LogP contribution in [-0.2, 0) is 14.8 Å². The van der Waals surface area contributed by atoms with Gasteiger partial charge in [-0.15, -0.1) is 12.4 Å². The third kappa shape index (κ3) is 8.67. The number of amides is 1. The lowest BCUT2D eigenvalue weighted by Crippen LogP contribution is -2.48. The van der Waals surface area contributed by atoms with E-state index in [0.717, 1.165) is 12.1 Å². The van der Waals surface area contributed by atoms with Crippen molar-refractivity contribution in [2.75, 3.05) is 19.6 Å². The van der Waals surface area contributed by atoms with Gasteiger partial charge in [-0.1, -0.05) is 38.5 Å². The van der Waals surface area contributed by atoms with E-state index >= 15 is 0 Å². The highest BCUT2D eigenvalue weighted by molar-refractivity contribution is 7.89. The summed E-state index contributed by atoms with van der Waals surface area (Å²) in [5, 5.41) is 5.89. The van der Waals surface area contributed by atoms with E-state index < -0.39 is 16.1 Å². The smallest absolute Gasteiger partial charge is 0.241 e. The monoisotopic (exact) mass is 391 g/mol. The Kier molecular flexibility index (Phi) is 10.9. The van der Waals surface area contributed by atoms with Gasteiger partial charge in [0.1, 0.15) is 6.04 Å². The topological polar surface area (TPSA) is 87.3 Å². The number of halogens is 1. The molecule has 6 nitrogen and oxygen atoms in total. The first-order valence-electron chi connectivity index (χ1n) is 8.33. The Morgan fingerprint density at radius 1 is 1.12 bits per heavy atom. The molecule has 0 spiro atoms. The van der Waals surface area contributed by atoms with Crippen LogP contribution in [0.2, 0.25) is 0 Å². The molecule has 25 heavy (non-hydrogen) atoms. The number of hydrogen-bond donors (Lipinski definition) is 3. The lowest BCUT2D eigenvalue weighted by Gasteiger charge is -2.20. The Hall–Kier alpha value is -1.15. The van der Waals surface area contributed by atoms with Gasteiger partial charge in [-0.05, 0) is 37.9 Å². The molecule has 1 rings (SSSR count). The zero-order valence-corrected chi connectivity index (χ0v) is 17.0. The maximum Gasteiger partial charge on any atom is 0.241 e. The number of likely N-dealkylation sites (N-methyl/N-ethyl adjacent to an activating group) is 1. The second-order valence-corrected chi connectivity index (χ2v) is 7.98. The van der Waals surface area contributed by atoms with Crippen molar-refractivity contribution >= 4 is 28.3 Å². The van der Waals surface area contributed by atoms with E-state index in [4.69, 9.17) is 0 Å². The van der Waals surface area contributed by atoms with Crippen molar-refractivity contribution in [3.8, 4) is 0 Å². The number of sulfonamides is 1. The molecule has 1 atom stereocenters. The first-order chi connectivity index (χ1) is 11.3. The molecule has 1 unspecified atom stereocenters. The fourth-order valence-electron chi connectivity index (χ4n) is 2.23. The average Bonchev–Trinajstić information content (AvgIpc) is 2.50. The van der Waals surface area contributed by atoms with Gasteiger partial charge in [0.25, 0.3) is 0 Å². The molecule has 1 aromatic carbocycles. The van der Waals surface area contributed by atoms with E-state index in [1.807, 2.05) is 27.7 Å². The number of aryl methyl sites for hydroxylation is 1. The molecule has 8 heteroatoms. The predicted molar refractivity (Wildman–Crippen MR) is 104 cm³/mol. The van der Waals surface area contributed by atoms with Crippen LogP contribution in [-0.4, -0.2) is 40.0 Å². The molecule has 0 fully saturated rings. The first kappa shape index (κ1) is 23.9. The lowest BCUT2D eigenvalue weighted by molar-refractivity contribution is -0.123. The third-order valence-electron chi connectivity index (χ3n) is 3.50. The van der Waals surface area contributed by atoms with E-state index in [1.165, 1.54) is 0 Å². The molecule has 0 heterocycles. The summed E-state index contributed by atoms with van der Waals surface area (Å²) in [5.41, 5.74) is 0.980. The Balaban J connectivity index is 0.00000576. The average molecular weight is 392 g/mol. The maximum atomic E-state index is 12.5. The van der Waals surface area contributed by atoms with E-state index in [9.17, 15) is 13.2 Å². The van der Waals surface area contributed by atoms with Gasteiger partial charge in [0.05, 0.1) is 4.90 Å². The fraction of sp³-hybridized carbons (Fsp3) is 0.588.